The van der Waals surface area contributed by atoms with Gasteiger partial charge < -0.3 is 10.4 Å². The first-order valence-corrected chi connectivity index (χ1v) is 6.76. The number of Topliss-reactive ketones (excluding diaryl/α,β-unsaturated/α-hetero) is 1. The van der Waals surface area contributed by atoms with Crippen LogP contribution in [0.15, 0.2) is 24.3 Å². The molecule has 1 aromatic carbocycles. The second kappa shape index (κ2) is 7.65. The summed E-state index contributed by atoms with van der Waals surface area (Å²) in [6.07, 6.45) is 0. The number of phenolic OH excluding ortho intramolecular Hbond substituents is 1. The zero-order valence-electron chi connectivity index (χ0n) is 12.2. The van der Waals surface area contributed by atoms with Crippen molar-refractivity contribution in [1.82, 2.24) is 10.2 Å². The predicted molar refractivity (Wildman–Crippen MR) is 77.8 cm³/mol. The Bertz CT molecular complexity index is 455. The number of nitrogens with one attached hydrogen (secondary N) is 1. The van der Waals surface area contributed by atoms with Crippen LogP contribution in [0.3, 0.4) is 0 Å². The summed E-state index contributed by atoms with van der Waals surface area (Å²) in [7, 11) is 0. The first-order valence-electron chi connectivity index (χ1n) is 6.76. The molecule has 0 aliphatic rings. The van der Waals surface area contributed by atoms with Crippen molar-refractivity contribution < 1.29 is 14.7 Å². The molecule has 0 radical (unpaired) electrons. The van der Waals surface area contributed by atoms with Crippen molar-refractivity contribution in [3.63, 3.8) is 0 Å². The lowest BCUT2D eigenvalue weighted by molar-refractivity contribution is -0.122. The third-order valence-corrected chi connectivity index (χ3v) is 2.82. The summed E-state index contributed by atoms with van der Waals surface area (Å²) in [4.78, 5) is 25.5. The van der Waals surface area contributed by atoms with Gasteiger partial charge in [-0.15, -0.1) is 0 Å². The van der Waals surface area contributed by atoms with Gasteiger partial charge in [-0.05, 0) is 44.7 Å². The molecule has 110 valence electrons. The van der Waals surface area contributed by atoms with E-state index in [0.29, 0.717) is 12.1 Å². The number of nitrogens with zero attached hydrogens (tertiary/aromatic N) is 1. The van der Waals surface area contributed by atoms with Crippen LogP contribution in [0.4, 0.5) is 0 Å². The van der Waals surface area contributed by atoms with Gasteiger partial charge in [0.25, 0.3) is 0 Å². The fourth-order valence-electron chi connectivity index (χ4n) is 1.79. The third-order valence-electron chi connectivity index (χ3n) is 2.82. The molecule has 0 aromatic heterocycles. The van der Waals surface area contributed by atoms with Crippen LogP contribution < -0.4 is 5.32 Å². The van der Waals surface area contributed by atoms with Gasteiger partial charge in [-0.2, -0.15) is 0 Å². The molecular weight excluding hydrogens is 256 g/mol. The summed E-state index contributed by atoms with van der Waals surface area (Å²) in [6, 6.07) is 6.22. The molecule has 0 atom stereocenters. The Kier molecular flexibility index (Phi) is 6.18. The number of benzene rings is 1. The summed E-state index contributed by atoms with van der Waals surface area (Å²) in [6.45, 7) is 6.72. The Morgan fingerprint density at radius 1 is 1.20 bits per heavy atom. The predicted octanol–water partition coefficient (Wildman–Crippen LogP) is 1.42. The molecule has 0 fully saturated rings. The van der Waals surface area contributed by atoms with Gasteiger partial charge >= 0.3 is 0 Å². The highest BCUT2D eigenvalue weighted by molar-refractivity contribution is 5.98. The summed E-state index contributed by atoms with van der Waals surface area (Å²) >= 11 is 0. The Morgan fingerprint density at radius 2 is 1.80 bits per heavy atom. The highest BCUT2D eigenvalue weighted by Gasteiger charge is 2.14. The molecule has 0 aliphatic heterocycles. The average molecular weight is 278 g/mol. The highest BCUT2D eigenvalue weighted by Crippen LogP contribution is 2.10. The van der Waals surface area contributed by atoms with Crippen molar-refractivity contribution in [2.75, 3.05) is 19.6 Å². The Labute approximate surface area is 119 Å². The van der Waals surface area contributed by atoms with Gasteiger partial charge in [0.1, 0.15) is 5.75 Å². The number of likely N-dealkylation sites (N-methyl/N-ethyl adjacent to an activating group) is 1. The number of carbonyl (C=O) groups is 2. The van der Waals surface area contributed by atoms with E-state index < -0.39 is 0 Å². The molecular formula is C15H22N2O3. The van der Waals surface area contributed by atoms with E-state index in [1.54, 1.807) is 17.0 Å². The Balaban J connectivity index is 2.57. The molecule has 1 rings (SSSR count). The van der Waals surface area contributed by atoms with E-state index in [4.69, 9.17) is 0 Å². The van der Waals surface area contributed by atoms with Gasteiger partial charge in [-0.1, -0.05) is 6.92 Å². The highest BCUT2D eigenvalue weighted by atomic mass is 16.3. The minimum atomic E-state index is -0.0830. The van der Waals surface area contributed by atoms with Crippen LogP contribution in [0.2, 0.25) is 0 Å². The fourth-order valence-corrected chi connectivity index (χ4v) is 1.79. The molecule has 5 heteroatoms. The first-order chi connectivity index (χ1) is 9.42. The second-order valence-corrected chi connectivity index (χ2v) is 5.00. The number of hydrogen-bond donors (Lipinski definition) is 2. The number of aromatic hydroxyl groups is 1. The van der Waals surface area contributed by atoms with Crippen molar-refractivity contribution in [1.29, 1.82) is 0 Å². The number of hydrogen-bond acceptors (Lipinski definition) is 4. The van der Waals surface area contributed by atoms with Gasteiger partial charge in [-0.25, -0.2) is 0 Å². The van der Waals surface area contributed by atoms with E-state index in [1.807, 2.05) is 20.8 Å². The average Bonchev–Trinajstić information content (AvgIpc) is 2.37. The quantitative estimate of drug-likeness (QED) is 0.740. The van der Waals surface area contributed by atoms with Crippen LogP contribution in [-0.2, 0) is 4.79 Å². The number of ketones is 1. The third kappa shape index (κ3) is 5.40. The second-order valence-electron chi connectivity index (χ2n) is 5.00. The van der Waals surface area contributed by atoms with Gasteiger partial charge in [0, 0.05) is 11.6 Å². The molecule has 20 heavy (non-hydrogen) atoms. The standard InChI is InChI=1S/C15H22N2O3/c1-4-17(10-15(20)16-11(2)3)9-14(19)12-5-7-13(18)8-6-12/h5-8,11,18H,4,9-10H2,1-3H3,(H,16,20). The molecule has 0 unspecified atom stereocenters. The lowest BCUT2D eigenvalue weighted by Crippen LogP contribution is -2.41. The molecule has 0 spiro atoms. The zero-order valence-corrected chi connectivity index (χ0v) is 12.2. The molecule has 0 bridgehead atoms. The van der Waals surface area contributed by atoms with E-state index in [2.05, 4.69) is 5.32 Å². The SMILES string of the molecule is CCN(CC(=O)NC(C)C)CC(=O)c1ccc(O)cc1. The normalized spacial score (nSPS) is 10.8. The molecule has 0 saturated carbocycles. The smallest absolute Gasteiger partial charge is 0.234 e. The van der Waals surface area contributed by atoms with Gasteiger partial charge in [0.2, 0.25) is 5.91 Å². The summed E-state index contributed by atoms with van der Waals surface area (Å²) in [5.74, 6) is -0.0187. The van der Waals surface area contributed by atoms with Crippen LogP contribution >= 0.6 is 0 Å². The van der Waals surface area contributed by atoms with Gasteiger partial charge in [0.05, 0.1) is 13.1 Å². The zero-order chi connectivity index (χ0) is 15.1. The van der Waals surface area contributed by atoms with E-state index in [9.17, 15) is 14.7 Å². The molecule has 0 saturated heterocycles. The number of phenols is 1. The molecule has 0 aliphatic carbocycles. The van der Waals surface area contributed by atoms with Crippen LogP contribution in [0, 0.1) is 0 Å². The Morgan fingerprint density at radius 3 is 2.30 bits per heavy atom. The minimum absolute atomic E-state index is 0.0656. The Hall–Kier alpha value is -1.88. The van der Waals surface area contributed by atoms with Crippen LogP contribution in [0.5, 0.6) is 5.75 Å². The maximum absolute atomic E-state index is 12.1. The van der Waals surface area contributed by atoms with Crippen molar-refractivity contribution in [3.8, 4) is 5.75 Å². The summed E-state index contributed by atoms with van der Waals surface area (Å²) in [5, 5.41) is 12.0. The topological polar surface area (TPSA) is 69.6 Å². The summed E-state index contributed by atoms with van der Waals surface area (Å²) < 4.78 is 0. The van der Waals surface area contributed by atoms with Crippen LogP contribution in [-0.4, -0.2) is 47.4 Å². The lowest BCUT2D eigenvalue weighted by atomic mass is 10.1. The monoisotopic (exact) mass is 278 g/mol. The van der Waals surface area contributed by atoms with Gasteiger partial charge in [-0.3, -0.25) is 14.5 Å². The summed E-state index contributed by atoms with van der Waals surface area (Å²) in [5.41, 5.74) is 0.533. The number of amides is 1. The number of carbonyl (C=O) groups excluding carboxylic acids is 2. The van der Waals surface area contributed by atoms with E-state index in [-0.39, 0.29) is 36.6 Å². The van der Waals surface area contributed by atoms with Crippen molar-refractivity contribution >= 4 is 11.7 Å². The lowest BCUT2D eigenvalue weighted by Gasteiger charge is -2.19. The maximum atomic E-state index is 12.1. The molecule has 1 amide bonds. The first kappa shape index (κ1) is 16.2. The molecule has 1 aromatic rings. The van der Waals surface area contributed by atoms with E-state index >= 15 is 0 Å². The maximum Gasteiger partial charge on any atom is 0.234 e. The van der Waals surface area contributed by atoms with E-state index in [1.165, 1.54) is 12.1 Å². The van der Waals surface area contributed by atoms with Crippen LogP contribution in [0.25, 0.3) is 0 Å². The molecule has 5 nitrogen and oxygen atoms in total. The van der Waals surface area contributed by atoms with E-state index in [0.717, 1.165) is 0 Å². The molecule has 0 heterocycles. The minimum Gasteiger partial charge on any atom is -0.508 e. The largest absolute Gasteiger partial charge is 0.508 e. The van der Waals surface area contributed by atoms with Crippen molar-refractivity contribution in [3.05, 3.63) is 29.8 Å². The van der Waals surface area contributed by atoms with Gasteiger partial charge in [0.15, 0.2) is 5.78 Å². The van der Waals surface area contributed by atoms with Crippen molar-refractivity contribution in [2.24, 2.45) is 0 Å². The van der Waals surface area contributed by atoms with Crippen molar-refractivity contribution in [2.45, 2.75) is 26.8 Å². The van der Waals surface area contributed by atoms with Crippen LogP contribution in [0.1, 0.15) is 31.1 Å². The molecule has 2 N–H and O–H groups in total. The number of rotatable bonds is 7. The fraction of sp³-hybridized carbons (Fsp3) is 0.467.